The molecule has 2 aromatic heterocycles. The Kier molecular flexibility index (Phi) is 2.14. The molecule has 0 aliphatic rings. The summed E-state index contributed by atoms with van der Waals surface area (Å²) >= 11 is 0. The molecule has 2 heterocycles. The molecular weight excluding hydrogens is 217 g/mol. The average Bonchev–Trinajstić information content (AvgIpc) is 2.73. The number of aryl methyl sites for hydroxylation is 1. The second-order valence-electron chi connectivity index (χ2n) is 3.89. The number of hydrogen-bond acceptors (Lipinski definition) is 2. The number of benzene rings is 1. The van der Waals surface area contributed by atoms with Gasteiger partial charge in [-0.1, -0.05) is 30.3 Å². The molecule has 0 unspecified atom stereocenters. The van der Waals surface area contributed by atoms with E-state index in [4.69, 9.17) is 0 Å². The summed E-state index contributed by atoms with van der Waals surface area (Å²) in [6.45, 7) is 1.86. The number of nitrogens with one attached hydrogen (secondary N) is 1. The molecule has 3 aromatic rings. The molecule has 0 amide bonds. The van der Waals surface area contributed by atoms with E-state index in [9.17, 15) is 4.39 Å². The number of hydrogen-bond donors (Lipinski definition) is 1. The number of aromatic nitrogens is 3. The number of H-pyrrole nitrogens is 1. The summed E-state index contributed by atoms with van der Waals surface area (Å²) < 4.78 is 14.0. The predicted molar refractivity (Wildman–Crippen MR) is 64.0 cm³/mol. The Bertz CT molecular complexity index is 674. The van der Waals surface area contributed by atoms with Gasteiger partial charge in [0.15, 0.2) is 5.65 Å². The van der Waals surface area contributed by atoms with E-state index in [2.05, 4.69) is 15.2 Å². The highest BCUT2D eigenvalue weighted by Crippen LogP contribution is 2.30. The molecule has 0 radical (unpaired) electrons. The van der Waals surface area contributed by atoms with E-state index in [-0.39, 0.29) is 5.82 Å². The monoisotopic (exact) mass is 227 g/mol. The number of nitrogens with zero attached hydrogens (tertiary/aromatic N) is 2. The van der Waals surface area contributed by atoms with Crippen LogP contribution in [0.5, 0.6) is 0 Å². The SMILES string of the molecule is Cc1[nH]nc2ncc(F)c(-c3ccccc3)c12. The van der Waals surface area contributed by atoms with E-state index < -0.39 is 0 Å². The Balaban J connectivity index is 2.42. The van der Waals surface area contributed by atoms with Gasteiger partial charge in [0.1, 0.15) is 5.82 Å². The van der Waals surface area contributed by atoms with Gasteiger partial charge in [-0.3, -0.25) is 5.10 Å². The summed E-state index contributed by atoms with van der Waals surface area (Å²) in [7, 11) is 0. The second-order valence-corrected chi connectivity index (χ2v) is 3.89. The van der Waals surface area contributed by atoms with Crippen LogP contribution in [0, 0.1) is 12.7 Å². The lowest BCUT2D eigenvalue weighted by molar-refractivity contribution is 0.627. The van der Waals surface area contributed by atoms with Crippen molar-refractivity contribution >= 4 is 11.0 Å². The lowest BCUT2D eigenvalue weighted by atomic mass is 10.0. The molecule has 0 spiro atoms. The highest BCUT2D eigenvalue weighted by molar-refractivity contribution is 5.94. The minimum absolute atomic E-state index is 0.326. The Morgan fingerprint density at radius 1 is 1.18 bits per heavy atom. The fraction of sp³-hybridized carbons (Fsp3) is 0.0769. The molecule has 84 valence electrons. The summed E-state index contributed by atoms with van der Waals surface area (Å²) in [6, 6.07) is 9.43. The zero-order valence-corrected chi connectivity index (χ0v) is 9.24. The predicted octanol–water partition coefficient (Wildman–Crippen LogP) is 3.07. The molecule has 0 aliphatic heterocycles. The fourth-order valence-electron chi connectivity index (χ4n) is 2.00. The van der Waals surface area contributed by atoms with Crippen molar-refractivity contribution in [3.8, 4) is 11.1 Å². The average molecular weight is 227 g/mol. The lowest BCUT2D eigenvalue weighted by Gasteiger charge is -2.04. The van der Waals surface area contributed by atoms with E-state index in [1.807, 2.05) is 37.3 Å². The van der Waals surface area contributed by atoms with Crippen molar-refractivity contribution in [1.29, 1.82) is 0 Å². The molecule has 1 N–H and O–H groups in total. The first kappa shape index (κ1) is 9.96. The van der Waals surface area contributed by atoms with Crippen LogP contribution in [0.25, 0.3) is 22.2 Å². The van der Waals surface area contributed by atoms with Gasteiger partial charge in [0, 0.05) is 11.3 Å². The Morgan fingerprint density at radius 3 is 2.71 bits per heavy atom. The van der Waals surface area contributed by atoms with Crippen LogP contribution in [0.1, 0.15) is 5.69 Å². The number of halogens is 1. The van der Waals surface area contributed by atoms with Crippen molar-refractivity contribution < 1.29 is 4.39 Å². The van der Waals surface area contributed by atoms with Crippen LogP contribution in [0.15, 0.2) is 36.5 Å². The van der Waals surface area contributed by atoms with Crippen LogP contribution in [0.4, 0.5) is 4.39 Å². The lowest BCUT2D eigenvalue weighted by Crippen LogP contribution is -1.89. The molecule has 3 nitrogen and oxygen atoms in total. The zero-order chi connectivity index (χ0) is 11.8. The zero-order valence-electron chi connectivity index (χ0n) is 9.24. The molecular formula is C13H10FN3. The van der Waals surface area contributed by atoms with Crippen molar-refractivity contribution in [1.82, 2.24) is 15.2 Å². The summed E-state index contributed by atoms with van der Waals surface area (Å²) in [5.74, 6) is -0.326. The van der Waals surface area contributed by atoms with E-state index in [0.29, 0.717) is 11.2 Å². The standard InChI is InChI=1S/C13H10FN3/c1-8-11-12(9-5-3-2-4-6-9)10(14)7-15-13(11)17-16-8/h2-7H,1H3,(H,15,16,17). The maximum atomic E-state index is 14.0. The van der Waals surface area contributed by atoms with Crippen LogP contribution in [0.3, 0.4) is 0 Å². The van der Waals surface area contributed by atoms with Crippen molar-refractivity contribution in [3.63, 3.8) is 0 Å². The minimum atomic E-state index is -0.326. The molecule has 1 aromatic carbocycles. The minimum Gasteiger partial charge on any atom is -0.280 e. The molecule has 3 rings (SSSR count). The first-order chi connectivity index (χ1) is 8.27. The van der Waals surface area contributed by atoms with Gasteiger partial charge < -0.3 is 0 Å². The topological polar surface area (TPSA) is 41.6 Å². The molecule has 0 bridgehead atoms. The summed E-state index contributed by atoms with van der Waals surface area (Å²) in [6.07, 6.45) is 1.21. The first-order valence-electron chi connectivity index (χ1n) is 5.32. The first-order valence-corrected chi connectivity index (χ1v) is 5.32. The van der Waals surface area contributed by atoms with E-state index in [0.717, 1.165) is 16.6 Å². The third-order valence-electron chi connectivity index (χ3n) is 2.78. The van der Waals surface area contributed by atoms with Crippen LogP contribution in [-0.2, 0) is 0 Å². The van der Waals surface area contributed by atoms with Crippen LogP contribution in [-0.4, -0.2) is 15.2 Å². The third-order valence-corrected chi connectivity index (χ3v) is 2.78. The summed E-state index contributed by atoms with van der Waals surface area (Å²) in [5.41, 5.74) is 2.76. The number of rotatable bonds is 1. The van der Waals surface area contributed by atoms with Crippen LogP contribution in [0.2, 0.25) is 0 Å². The highest BCUT2D eigenvalue weighted by Gasteiger charge is 2.14. The maximum absolute atomic E-state index is 14.0. The number of fused-ring (bicyclic) bond motifs is 1. The third kappa shape index (κ3) is 1.49. The van der Waals surface area contributed by atoms with Gasteiger partial charge in [-0.15, -0.1) is 0 Å². The quantitative estimate of drug-likeness (QED) is 0.694. The van der Waals surface area contributed by atoms with Gasteiger partial charge in [0.25, 0.3) is 0 Å². The molecule has 0 fully saturated rings. The Morgan fingerprint density at radius 2 is 1.94 bits per heavy atom. The van der Waals surface area contributed by atoms with Crippen molar-refractivity contribution in [2.75, 3.05) is 0 Å². The molecule has 0 aliphatic carbocycles. The smallest absolute Gasteiger partial charge is 0.181 e. The second kappa shape index (κ2) is 3.66. The van der Waals surface area contributed by atoms with Gasteiger partial charge in [-0.25, -0.2) is 9.37 Å². The van der Waals surface area contributed by atoms with E-state index in [1.54, 1.807) is 0 Å². The molecule has 4 heteroatoms. The maximum Gasteiger partial charge on any atom is 0.181 e. The van der Waals surface area contributed by atoms with E-state index >= 15 is 0 Å². The number of aromatic amines is 1. The van der Waals surface area contributed by atoms with Gasteiger partial charge in [0.2, 0.25) is 0 Å². The molecule has 0 atom stereocenters. The summed E-state index contributed by atoms with van der Waals surface area (Å²) in [5, 5.41) is 7.62. The van der Waals surface area contributed by atoms with Gasteiger partial charge in [0.05, 0.1) is 11.6 Å². The van der Waals surface area contributed by atoms with Crippen molar-refractivity contribution in [2.24, 2.45) is 0 Å². The Labute approximate surface area is 97.3 Å². The molecule has 17 heavy (non-hydrogen) atoms. The van der Waals surface area contributed by atoms with Crippen molar-refractivity contribution in [2.45, 2.75) is 6.92 Å². The normalized spacial score (nSPS) is 10.9. The van der Waals surface area contributed by atoms with Gasteiger partial charge >= 0.3 is 0 Å². The molecule has 0 saturated heterocycles. The van der Waals surface area contributed by atoms with E-state index in [1.165, 1.54) is 6.20 Å². The largest absolute Gasteiger partial charge is 0.280 e. The summed E-state index contributed by atoms with van der Waals surface area (Å²) in [4.78, 5) is 3.97. The van der Waals surface area contributed by atoms with Crippen LogP contribution < -0.4 is 0 Å². The molecule has 0 saturated carbocycles. The van der Waals surface area contributed by atoms with Gasteiger partial charge in [-0.2, -0.15) is 5.10 Å². The van der Waals surface area contributed by atoms with Crippen LogP contribution >= 0.6 is 0 Å². The number of pyridine rings is 1. The Hall–Kier alpha value is -2.23. The fourth-order valence-corrected chi connectivity index (χ4v) is 2.00. The highest BCUT2D eigenvalue weighted by atomic mass is 19.1. The van der Waals surface area contributed by atoms with Crippen molar-refractivity contribution in [3.05, 3.63) is 48.0 Å². The van der Waals surface area contributed by atoms with Gasteiger partial charge in [-0.05, 0) is 12.5 Å².